The van der Waals surface area contributed by atoms with Crippen molar-refractivity contribution in [1.29, 1.82) is 0 Å². The molecular formula is C13H26N2O. The highest BCUT2D eigenvalue weighted by atomic mass is 16.5. The molecule has 3 nitrogen and oxygen atoms in total. The Kier molecular flexibility index (Phi) is 5.07. The van der Waals surface area contributed by atoms with Gasteiger partial charge < -0.3 is 4.74 Å². The third-order valence-corrected chi connectivity index (χ3v) is 3.70. The summed E-state index contributed by atoms with van der Waals surface area (Å²) in [6.45, 7) is 5.65. The molecular weight excluding hydrogens is 200 g/mol. The molecule has 0 spiro atoms. The summed E-state index contributed by atoms with van der Waals surface area (Å²) in [6.07, 6.45) is 9.45. The minimum atomic E-state index is 0.501. The molecule has 3 heteroatoms. The van der Waals surface area contributed by atoms with Crippen molar-refractivity contribution in [2.45, 2.75) is 64.0 Å². The molecule has 2 aliphatic rings. The lowest BCUT2D eigenvalue weighted by atomic mass is 10.0. The normalized spacial score (nSPS) is 32.8. The monoisotopic (exact) mass is 226 g/mol. The van der Waals surface area contributed by atoms with Crippen LogP contribution >= 0.6 is 0 Å². The van der Waals surface area contributed by atoms with Crippen LogP contribution in [0.2, 0.25) is 0 Å². The zero-order valence-electron chi connectivity index (χ0n) is 10.6. The van der Waals surface area contributed by atoms with Gasteiger partial charge in [-0.1, -0.05) is 19.8 Å². The maximum absolute atomic E-state index is 5.78. The molecule has 2 saturated heterocycles. The maximum atomic E-state index is 5.78. The Bertz CT molecular complexity index is 190. The number of rotatable bonds is 4. The van der Waals surface area contributed by atoms with Gasteiger partial charge in [0.1, 0.15) is 0 Å². The number of hydrogen-bond acceptors (Lipinski definition) is 3. The van der Waals surface area contributed by atoms with Crippen molar-refractivity contribution in [3.8, 4) is 0 Å². The summed E-state index contributed by atoms with van der Waals surface area (Å²) in [6, 6.07) is 0.656. The Morgan fingerprint density at radius 1 is 1.25 bits per heavy atom. The van der Waals surface area contributed by atoms with Crippen LogP contribution < -0.4 is 5.43 Å². The highest BCUT2D eigenvalue weighted by Crippen LogP contribution is 2.18. The number of nitrogens with zero attached hydrogens (tertiary/aromatic N) is 1. The molecule has 0 aliphatic carbocycles. The SMILES string of the molecule is CCCC1CC(NN2CCCCC2)CCO1. The van der Waals surface area contributed by atoms with Crippen molar-refractivity contribution < 1.29 is 4.74 Å². The van der Waals surface area contributed by atoms with Crippen LogP contribution in [0.1, 0.15) is 51.9 Å². The van der Waals surface area contributed by atoms with Gasteiger partial charge in [0.05, 0.1) is 6.10 Å². The molecule has 16 heavy (non-hydrogen) atoms. The molecule has 2 heterocycles. The summed E-state index contributed by atoms with van der Waals surface area (Å²) >= 11 is 0. The molecule has 2 unspecified atom stereocenters. The largest absolute Gasteiger partial charge is 0.378 e. The first kappa shape index (κ1) is 12.3. The Balaban J connectivity index is 1.71. The molecule has 0 radical (unpaired) electrons. The summed E-state index contributed by atoms with van der Waals surface area (Å²) in [5.74, 6) is 0. The minimum Gasteiger partial charge on any atom is -0.378 e. The minimum absolute atomic E-state index is 0.501. The lowest BCUT2D eigenvalue weighted by Gasteiger charge is -2.36. The van der Waals surface area contributed by atoms with Crippen molar-refractivity contribution in [3.63, 3.8) is 0 Å². The van der Waals surface area contributed by atoms with Crippen molar-refractivity contribution in [3.05, 3.63) is 0 Å². The van der Waals surface area contributed by atoms with Gasteiger partial charge in [0, 0.05) is 25.7 Å². The van der Waals surface area contributed by atoms with E-state index in [1.165, 1.54) is 58.0 Å². The average molecular weight is 226 g/mol. The second-order valence-electron chi connectivity index (χ2n) is 5.18. The molecule has 2 aliphatic heterocycles. The lowest BCUT2D eigenvalue weighted by molar-refractivity contribution is -0.0211. The molecule has 0 bridgehead atoms. The molecule has 0 amide bonds. The van der Waals surface area contributed by atoms with Crippen molar-refractivity contribution >= 4 is 0 Å². The van der Waals surface area contributed by atoms with E-state index in [1.807, 2.05) is 0 Å². The average Bonchev–Trinajstić information content (AvgIpc) is 2.31. The third-order valence-electron chi connectivity index (χ3n) is 3.70. The lowest BCUT2D eigenvalue weighted by Crippen LogP contribution is -2.50. The van der Waals surface area contributed by atoms with Crippen molar-refractivity contribution in [1.82, 2.24) is 10.4 Å². The zero-order chi connectivity index (χ0) is 11.2. The van der Waals surface area contributed by atoms with Gasteiger partial charge in [-0.15, -0.1) is 0 Å². The first-order valence-electron chi connectivity index (χ1n) is 7.01. The number of ether oxygens (including phenoxy) is 1. The number of nitrogens with one attached hydrogen (secondary N) is 1. The van der Waals surface area contributed by atoms with Gasteiger partial charge in [-0.2, -0.15) is 0 Å². The summed E-state index contributed by atoms with van der Waals surface area (Å²) < 4.78 is 5.78. The summed E-state index contributed by atoms with van der Waals surface area (Å²) in [5.41, 5.74) is 3.70. The first-order valence-corrected chi connectivity index (χ1v) is 7.01. The Hall–Kier alpha value is -0.120. The van der Waals surface area contributed by atoms with E-state index < -0.39 is 0 Å². The second-order valence-corrected chi connectivity index (χ2v) is 5.18. The van der Waals surface area contributed by atoms with E-state index in [0.717, 1.165) is 6.61 Å². The van der Waals surface area contributed by atoms with Gasteiger partial charge in [0.2, 0.25) is 0 Å². The van der Waals surface area contributed by atoms with E-state index in [2.05, 4.69) is 17.4 Å². The number of hydrogen-bond donors (Lipinski definition) is 1. The fourth-order valence-corrected chi connectivity index (χ4v) is 2.80. The van der Waals surface area contributed by atoms with E-state index >= 15 is 0 Å². The van der Waals surface area contributed by atoms with Gasteiger partial charge in [-0.25, -0.2) is 5.01 Å². The Morgan fingerprint density at radius 2 is 2.06 bits per heavy atom. The van der Waals surface area contributed by atoms with Crippen LogP contribution in [0.3, 0.4) is 0 Å². The van der Waals surface area contributed by atoms with Crippen molar-refractivity contribution in [2.24, 2.45) is 0 Å². The molecule has 1 N–H and O–H groups in total. The number of hydrazine groups is 1. The van der Waals surface area contributed by atoms with Crippen molar-refractivity contribution in [2.75, 3.05) is 19.7 Å². The van der Waals surface area contributed by atoms with Crippen LogP contribution in [-0.4, -0.2) is 36.9 Å². The molecule has 94 valence electrons. The standard InChI is InChI=1S/C13H26N2O/c1-2-6-13-11-12(7-10-16-13)14-15-8-4-3-5-9-15/h12-14H,2-11H2,1H3. The molecule has 2 rings (SSSR count). The summed E-state index contributed by atoms with van der Waals surface area (Å²) in [7, 11) is 0. The Labute approximate surface area is 99.5 Å². The predicted octanol–water partition coefficient (Wildman–Crippen LogP) is 2.32. The van der Waals surface area contributed by atoms with E-state index in [9.17, 15) is 0 Å². The summed E-state index contributed by atoms with van der Waals surface area (Å²) in [4.78, 5) is 0. The molecule has 2 fully saturated rings. The van der Waals surface area contributed by atoms with Crippen LogP contribution in [0, 0.1) is 0 Å². The van der Waals surface area contributed by atoms with E-state index in [-0.39, 0.29) is 0 Å². The highest BCUT2D eigenvalue weighted by Gasteiger charge is 2.23. The van der Waals surface area contributed by atoms with Gasteiger partial charge in [-0.05, 0) is 32.1 Å². The zero-order valence-corrected chi connectivity index (χ0v) is 10.6. The van der Waals surface area contributed by atoms with E-state index in [0.29, 0.717) is 12.1 Å². The van der Waals surface area contributed by atoms with Crippen LogP contribution in [0.5, 0.6) is 0 Å². The molecule has 0 aromatic heterocycles. The van der Waals surface area contributed by atoms with Crippen LogP contribution in [0.4, 0.5) is 0 Å². The first-order chi connectivity index (χ1) is 7.88. The van der Waals surface area contributed by atoms with E-state index in [1.54, 1.807) is 0 Å². The van der Waals surface area contributed by atoms with Gasteiger partial charge in [0.15, 0.2) is 0 Å². The molecule has 0 saturated carbocycles. The van der Waals surface area contributed by atoms with Crippen LogP contribution in [-0.2, 0) is 4.74 Å². The maximum Gasteiger partial charge on any atom is 0.0590 e. The molecule has 0 aromatic rings. The highest BCUT2D eigenvalue weighted by molar-refractivity contribution is 4.76. The molecule has 0 aromatic carbocycles. The Morgan fingerprint density at radius 3 is 2.81 bits per heavy atom. The van der Waals surface area contributed by atoms with Gasteiger partial charge in [0.25, 0.3) is 0 Å². The van der Waals surface area contributed by atoms with E-state index in [4.69, 9.17) is 4.74 Å². The quantitative estimate of drug-likeness (QED) is 0.796. The third kappa shape index (κ3) is 3.72. The van der Waals surface area contributed by atoms with Gasteiger partial charge >= 0.3 is 0 Å². The molecule has 2 atom stereocenters. The predicted molar refractivity (Wildman–Crippen MR) is 66.2 cm³/mol. The van der Waals surface area contributed by atoms with Crippen LogP contribution in [0.15, 0.2) is 0 Å². The number of piperidine rings is 1. The fourth-order valence-electron chi connectivity index (χ4n) is 2.80. The fraction of sp³-hybridized carbons (Fsp3) is 1.00. The van der Waals surface area contributed by atoms with Crippen LogP contribution in [0.25, 0.3) is 0 Å². The van der Waals surface area contributed by atoms with Gasteiger partial charge in [-0.3, -0.25) is 5.43 Å². The topological polar surface area (TPSA) is 24.5 Å². The smallest absolute Gasteiger partial charge is 0.0590 e. The summed E-state index contributed by atoms with van der Waals surface area (Å²) in [5, 5.41) is 2.43. The second kappa shape index (κ2) is 6.58.